The highest BCUT2D eigenvalue weighted by Gasteiger charge is 2.30. The zero-order valence-corrected chi connectivity index (χ0v) is 17.7. The number of aromatic nitrogens is 2. The van der Waals surface area contributed by atoms with Gasteiger partial charge >= 0.3 is 6.18 Å². The van der Waals surface area contributed by atoms with Crippen molar-refractivity contribution in [3.8, 4) is 0 Å². The first-order valence-corrected chi connectivity index (χ1v) is 10.6. The molecule has 2 N–H and O–H groups in total. The summed E-state index contributed by atoms with van der Waals surface area (Å²) < 4.78 is 45.9. The van der Waals surface area contributed by atoms with Gasteiger partial charge in [-0.2, -0.15) is 13.2 Å². The Hall–Kier alpha value is -3.40. The number of anilines is 1. The summed E-state index contributed by atoms with van der Waals surface area (Å²) in [6.45, 7) is 0.762. The number of ether oxygens (including phenoxy) is 1. The molecule has 1 aliphatic heterocycles. The Morgan fingerprint density at radius 2 is 1.97 bits per heavy atom. The van der Waals surface area contributed by atoms with E-state index in [1.54, 1.807) is 4.57 Å². The molecule has 1 aromatic heterocycles. The largest absolute Gasteiger partial charge is 0.416 e. The fourth-order valence-electron chi connectivity index (χ4n) is 3.81. The standard InChI is InChI=1S/C23H23F3N4O3/c24-23(25,26)15-5-3-6-16(13-15)28-21(31)14-30-18-8-2-1-7-17(18)29-20(30)10-11-27-22(32)19-9-4-12-33-19/h1-3,5-8,13,19H,4,9-12,14H2,(H,27,32)(H,28,31). The van der Waals surface area contributed by atoms with Gasteiger partial charge in [-0.3, -0.25) is 9.59 Å². The normalized spacial score (nSPS) is 16.2. The summed E-state index contributed by atoms with van der Waals surface area (Å²) in [5, 5.41) is 5.36. The number of hydrogen-bond acceptors (Lipinski definition) is 4. The highest BCUT2D eigenvalue weighted by Crippen LogP contribution is 2.30. The quantitative estimate of drug-likeness (QED) is 0.565. The van der Waals surface area contributed by atoms with Crippen LogP contribution in [0.15, 0.2) is 48.5 Å². The second-order valence-electron chi connectivity index (χ2n) is 7.77. The third-order valence-corrected chi connectivity index (χ3v) is 5.38. The van der Waals surface area contributed by atoms with Crippen LogP contribution in [0.1, 0.15) is 24.2 Å². The molecular formula is C23H23F3N4O3. The van der Waals surface area contributed by atoms with Gasteiger partial charge in [0.1, 0.15) is 18.5 Å². The van der Waals surface area contributed by atoms with Crippen molar-refractivity contribution in [2.24, 2.45) is 0 Å². The van der Waals surface area contributed by atoms with Crippen LogP contribution in [-0.4, -0.2) is 40.6 Å². The van der Waals surface area contributed by atoms with Gasteiger partial charge in [-0.1, -0.05) is 18.2 Å². The van der Waals surface area contributed by atoms with Crippen molar-refractivity contribution in [2.75, 3.05) is 18.5 Å². The number of benzene rings is 2. The van der Waals surface area contributed by atoms with Crippen LogP contribution in [-0.2, 0) is 33.5 Å². The summed E-state index contributed by atoms with van der Waals surface area (Å²) in [6, 6.07) is 11.8. The zero-order valence-electron chi connectivity index (χ0n) is 17.7. The van der Waals surface area contributed by atoms with E-state index in [1.165, 1.54) is 12.1 Å². The fraction of sp³-hybridized carbons (Fsp3) is 0.348. The summed E-state index contributed by atoms with van der Waals surface area (Å²) >= 11 is 0. The number of carbonyl (C=O) groups is 2. The molecule has 1 fully saturated rings. The van der Waals surface area contributed by atoms with Crippen LogP contribution in [0.5, 0.6) is 0 Å². The third kappa shape index (κ3) is 5.51. The Kier molecular flexibility index (Phi) is 6.64. The van der Waals surface area contributed by atoms with Crippen molar-refractivity contribution in [1.29, 1.82) is 0 Å². The molecule has 0 aliphatic carbocycles. The first-order chi connectivity index (χ1) is 15.8. The Labute approximate surface area is 187 Å². The van der Waals surface area contributed by atoms with Crippen molar-refractivity contribution in [3.63, 3.8) is 0 Å². The number of alkyl halides is 3. The highest BCUT2D eigenvalue weighted by molar-refractivity contribution is 5.91. The van der Waals surface area contributed by atoms with Gasteiger partial charge in [-0.25, -0.2) is 4.98 Å². The van der Waals surface area contributed by atoms with Gasteiger partial charge < -0.3 is 19.9 Å². The SMILES string of the molecule is O=C(Cn1c(CCNC(=O)C2CCCO2)nc2ccccc21)Nc1cccc(C(F)(F)F)c1. The van der Waals surface area contributed by atoms with Gasteiger partial charge in [0.2, 0.25) is 11.8 Å². The Bertz CT molecular complexity index is 1150. The van der Waals surface area contributed by atoms with Crippen LogP contribution < -0.4 is 10.6 Å². The third-order valence-electron chi connectivity index (χ3n) is 5.38. The van der Waals surface area contributed by atoms with Gasteiger partial charge in [0, 0.05) is 25.3 Å². The number of rotatable bonds is 7. The molecule has 2 amide bonds. The predicted molar refractivity (Wildman–Crippen MR) is 115 cm³/mol. The molecular weight excluding hydrogens is 437 g/mol. The highest BCUT2D eigenvalue weighted by atomic mass is 19.4. The van der Waals surface area contributed by atoms with E-state index in [1.807, 2.05) is 24.3 Å². The maximum atomic E-state index is 12.9. The number of amides is 2. The van der Waals surface area contributed by atoms with Gasteiger partial charge in [0.25, 0.3) is 0 Å². The Morgan fingerprint density at radius 3 is 2.73 bits per heavy atom. The number of nitrogens with one attached hydrogen (secondary N) is 2. The number of para-hydroxylation sites is 2. The summed E-state index contributed by atoms with van der Waals surface area (Å²) in [6.07, 6.45) is -3.00. The molecule has 7 nitrogen and oxygen atoms in total. The monoisotopic (exact) mass is 460 g/mol. The van der Waals surface area contributed by atoms with Crippen LogP contribution in [0.4, 0.5) is 18.9 Å². The lowest BCUT2D eigenvalue weighted by atomic mass is 10.2. The first kappa shape index (κ1) is 22.8. The molecule has 0 radical (unpaired) electrons. The number of nitrogens with zero attached hydrogens (tertiary/aromatic N) is 2. The first-order valence-electron chi connectivity index (χ1n) is 10.6. The van der Waals surface area contributed by atoms with Crippen LogP contribution in [0, 0.1) is 0 Å². The van der Waals surface area contributed by atoms with E-state index in [2.05, 4.69) is 15.6 Å². The number of carbonyl (C=O) groups excluding carboxylic acids is 2. The van der Waals surface area contributed by atoms with E-state index < -0.39 is 23.8 Å². The number of hydrogen-bond donors (Lipinski definition) is 2. The average molecular weight is 460 g/mol. The molecule has 3 aromatic rings. The molecule has 10 heteroatoms. The summed E-state index contributed by atoms with van der Waals surface area (Å²) in [7, 11) is 0. The second-order valence-corrected chi connectivity index (χ2v) is 7.77. The Balaban J connectivity index is 1.46. The van der Waals surface area contributed by atoms with Crippen molar-refractivity contribution < 1.29 is 27.5 Å². The van der Waals surface area contributed by atoms with Crippen molar-refractivity contribution in [2.45, 2.75) is 38.1 Å². The molecule has 0 bridgehead atoms. The van der Waals surface area contributed by atoms with E-state index in [0.29, 0.717) is 37.3 Å². The van der Waals surface area contributed by atoms with Crippen LogP contribution in [0.2, 0.25) is 0 Å². The average Bonchev–Trinajstić information content (AvgIpc) is 3.42. The van der Waals surface area contributed by atoms with E-state index in [0.717, 1.165) is 24.1 Å². The molecule has 1 unspecified atom stereocenters. The lowest BCUT2D eigenvalue weighted by Crippen LogP contribution is -2.35. The molecule has 2 heterocycles. The predicted octanol–water partition coefficient (Wildman–Crippen LogP) is 3.53. The zero-order chi connectivity index (χ0) is 23.4. The van der Waals surface area contributed by atoms with Gasteiger partial charge in [0.05, 0.1) is 16.6 Å². The number of halogens is 3. The number of imidazole rings is 1. The maximum absolute atomic E-state index is 12.9. The minimum Gasteiger partial charge on any atom is -0.368 e. The van der Waals surface area contributed by atoms with E-state index in [9.17, 15) is 22.8 Å². The fourth-order valence-corrected chi connectivity index (χ4v) is 3.81. The summed E-state index contributed by atoms with van der Waals surface area (Å²) in [5.41, 5.74) is 0.627. The lowest BCUT2D eigenvalue weighted by Gasteiger charge is -2.13. The van der Waals surface area contributed by atoms with Gasteiger partial charge in [-0.15, -0.1) is 0 Å². The molecule has 1 aliphatic rings. The van der Waals surface area contributed by atoms with Gasteiger partial charge in [0.15, 0.2) is 0 Å². The Morgan fingerprint density at radius 1 is 1.15 bits per heavy atom. The van der Waals surface area contributed by atoms with Crippen molar-refractivity contribution in [1.82, 2.24) is 14.9 Å². The summed E-state index contributed by atoms with van der Waals surface area (Å²) in [5.74, 6) is -0.0670. The molecule has 1 saturated heterocycles. The molecule has 4 rings (SSSR count). The molecule has 174 valence electrons. The maximum Gasteiger partial charge on any atom is 0.416 e. The number of fused-ring (bicyclic) bond motifs is 1. The smallest absolute Gasteiger partial charge is 0.368 e. The van der Waals surface area contributed by atoms with Crippen LogP contribution >= 0.6 is 0 Å². The molecule has 0 saturated carbocycles. The molecule has 1 atom stereocenters. The van der Waals surface area contributed by atoms with Crippen LogP contribution in [0.25, 0.3) is 11.0 Å². The second kappa shape index (κ2) is 9.62. The minimum atomic E-state index is -4.50. The van der Waals surface area contributed by atoms with Crippen LogP contribution in [0.3, 0.4) is 0 Å². The van der Waals surface area contributed by atoms with E-state index >= 15 is 0 Å². The molecule has 0 spiro atoms. The topological polar surface area (TPSA) is 85.2 Å². The van der Waals surface area contributed by atoms with E-state index in [4.69, 9.17) is 4.74 Å². The van der Waals surface area contributed by atoms with Crippen molar-refractivity contribution in [3.05, 3.63) is 59.9 Å². The molecule has 2 aromatic carbocycles. The molecule has 33 heavy (non-hydrogen) atoms. The van der Waals surface area contributed by atoms with E-state index in [-0.39, 0.29) is 18.1 Å². The lowest BCUT2D eigenvalue weighted by molar-refractivity contribution is -0.137. The summed E-state index contributed by atoms with van der Waals surface area (Å²) in [4.78, 5) is 29.4. The minimum absolute atomic E-state index is 0.0598. The van der Waals surface area contributed by atoms with Crippen molar-refractivity contribution >= 4 is 28.5 Å². The van der Waals surface area contributed by atoms with Gasteiger partial charge in [-0.05, 0) is 43.2 Å².